The van der Waals surface area contributed by atoms with Crippen molar-refractivity contribution in [1.82, 2.24) is 0 Å². The number of hydrogen-bond acceptors (Lipinski definition) is 5. The molecule has 0 saturated carbocycles. The second kappa shape index (κ2) is 5.53. The van der Waals surface area contributed by atoms with Crippen LogP contribution < -0.4 is 10.0 Å². The molecule has 0 radical (unpaired) electrons. The number of para-hydroxylation sites is 2. The molecular weight excluding hydrogens is 358 g/mol. The third-order valence-corrected chi connectivity index (χ3v) is 5.55. The molecule has 0 bridgehead atoms. The number of nitrogens with zero attached hydrogens (tertiary/aromatic N) is 1. The van der Waals surface area contributed by atoms with E-state index in [0.29, 0.717) is 22.0 Å². The SMILES string of the molecule is O=C1Nc2ccc(S(=O)(=O)Nc3ccccc3[N+](=O)[O-])c3cccc1c23. The zero-order valence-corrected chi connectivity index (χ0v) is 13.9. The molecule has 0 aliphatic carbocycles. The van der Waals surface area contributed by atoms with Gasteiger partial charge in [-0.05, 0) is 24.3 Å². The van der Waals surface area contributed by atoms with Crippen LogP contribution in [-0.4, -0.2) is 19.2 Å². The fraction of sp³-hybridized carbons (Fsp3) is 0. The normalized spacial score (nSPS) is 12.8. The lowest BCUT2D eigenvalue weighted by atomic mass is 10.1. The quantitative estimate of drug-likeness (QED) is 0.541. The molecule has 4 rings (SSSR count). The second-order valence-electron chi connectivity index (χ2n) is 5.67. The van der Waals surface area contributed by atoms with Crippen molar-refractivity contribution in [1.29, 1.82) is 0 Å². The van der Waals surface area contributed by atoms with Gasteiger partial charge in [-0.25, -0.2) is 8.42 Å². The molecule has 3 aromatic carbocycles. The van der Waals surface area contributed by atoms with Crippen LogP contribution in [0.3, 0.4) is 0 Å². The number of nitro benzene ring substituents is 1. The van der Waals surface area contributed by atoms with Gasteiger partial charge >= 0.3 is 0 Å². The Morgan fingerprint density at radius 2 is 1.77 bits per heavy atom. The number of hydrogen-bond donors (Lipinski definition) is 2. The number of sulfonamides is 1. The molecule has 1 amide bonds. The molecule has 0 fully saturated rings. The lowest BCUT2D eigenvalue weighted by molar-refractivity contribution is -0.383. The molecular formula is C17H11N3O5S. The fourth-order valence-corrected chi connectivity index (χ4v) is 4.30. The van der Waals surface area contributed by atoms with Gasteiger partial charge in [-0.15, -0.1) is 0 Å². The van der Waals surface area contributed by atoms with Gasteiger partial charge in [0.25, 0.3) is 21.6 Å². The summed E-state index contributed by atoms with van der Waals surface area (Å²) in [6, 6.07) is 13.2. The molecule has 26 heavy (non-hydrogen) atoms. The summed E-state index contributed by atoms with van der Waals surface area (Å²) in [7, 11) is -4.11. The molecule has 130 valence electrons. The minimum Gasteiger partial charge on any atom is -0.321 e. The Balaban J connectivity index is 1.88. The highest BCUT2D eigenvalue weighted by atomic mass is 32.2. The number of benzene rings is 3. The van der Waals surface area contributed by atoms with E-state index in [1.165, 1.54) is 36.4 Å². The largest absolute Gasteiger partial charge is 0.321 e. The molecule has 1 heterocycles. The predicted molar refractivity (Wildman–Crippen MR) is 95.8 cm³/mol. The number of nitro groups is 1. The van der Waals surface area contributed by atoms with Crippen molar-refractivity contribution in [3.63, 3.8) is 0 Å². The van der Waals surface area contributed by atoms with Crippen LogP contribution in [0.15, 0.2) is 59.5 Å². The van der Waals surface area contributed by atoms with Gasteiger partial charge in [0.1, 0.15) is 5.69 Å². The second-order valence-corrected chi connectivity index (χ2v) is 7.32. The first kappa shape index (κ1) is 16.0. The van der Waals surface area contributed by atoms with Crippen molar-refractivity contribution in [3.8, 4) is 0 Å². The van der Waals surface area contributed by atoms with Crippen molar-refractivity contribution in [2.75, 3.05) is 10.0 Å². The van der Waals surface area contributed by atoms with Crippen LogP contribution in [-0.2, 0) is 10.0 Å². The number of anilines is 2. The summed E-state index contributed by atoms with van der Waals surface area (Å²) in [4.78, 5) is 22.4. The van der Waals surface area contributed by atoms with Gasteiger partial charge in [0.2, 0.25) is 0 Å². The van der Waals surface area contributed by atoms with E-state index < -0.39 is 14.9 Å². The van der Waals surface area contributed by atoms with Gasteiger partial charge in [-0.1, -0.05) is 24.3 Å². The molecule has 9 heteroatoms. The van der Waals surface area contributed by atoms with E-state index in [2.05, 4.69) is 10.0 Å². The zero-order valence-electron chi connectivity index (χ0n) is 13.1. The van der Waals surface area contributed by atoms with E-state index in [1.54, 1.807) is 18.2 Å². The van der Waals surface area contributed by atoms with Crippen molar-refractivity contribution in [2.24, 2.45) is 0 Å². The average molecular weight is 369 g/mol. The predicted octanol–water partition coefficient (Wildman–Crippen LogP) is 3.11. The maximum Gasteiger partial charge on any atom is 0.293 e. The zero-order chi connectivity index (χ0) is 18.5. The Hall–Kier alpha value is -3.46. The minimum absolute atomic E-state index is 0.0623. The molecule has 0 aromatic heterocycles. The Labute approximate surface area is 147 Å². The third kappa shape index (κ3) is 2.37. The van der Waals surface area contributed by atoms with Crippen LogP contribution in [0, 0.1) is 10.1 Å². The highest BCUT2D eigenvalue weighted by Gasteiger charge is 2.27. The van der Waals surface area contributed by atoms with Crippen LogP contribution in [0.4, 0.5) is 17.1 Å². The molecule has 0 atom stereocenters. The minimum atomic E-state index is -4.11. The highest BCUT2D eigenvalue weighted by molar-refractivity contribution is 7.93. The van der Waals surface area contributed by atoms with Crippen LogP contribution in [0.25, 0.3) is 10.8 Å². The van der Waals surface area contributed by atoms with Crippen LogP contribution in [0.2, 0.25) is 0 Å². The van der Waals surface area contributed by atoms with Crippen LogP contribution in [0.1, 0.15) is 10.4 Å². The fourth-order valence-electron chi connectivity index (χ4n) is 3.02. The van der Waals surface area contributed by atoms with E-state index in [0.717, 1.165) is 0 Å². The summed E-state index contributed by atoms with van der Waals surface area (Å²) >= 11 is 0. The molecule has 3 aromatic rings. The lowest BCUT2D eigenvalue weighted by Crippen LogP contribution is -2.14. The van der Waals surface area contributed by atoms with Crippen molar-refractivity contribution >= 4 is 43.8 Å². The number of carbonyl (C=O) groups is 1. The van der Waals surface area contributed by atoms with E-state index in [4.69, 9.17) is 0 Å². The number of rotatable bonds is 4. The first-order valence-corrected chi connectivity index (χ1v) is 9.00. The van der Waals surface area contributed by atoms with Gasteiger partial charge in [-0.2, -0.15) is 0 Å². The Kier molecular flexibility index (Phi) is 3.41. The third-order valence-electron chi connectivity index (χ3n) is 4.13. The summed E-state index contributed by atoms with van der Waals surface area (Å²) < 4.78 is 28.0. The van der Waals surface area contributed by atoms with Crippen LogP contribution >= 0.6 is 0 Å². The van der Waals surface area contributed by atoms with Gasteiger partial charge in [0, 0.05) is 28.1 Å². The van der Waals surface area contributed by atoms with E-state index in [1.807, 2.05) is 0 Å². The maximum atomic E-state index is 12.9. The van der Waals surface area contributed by atoms with Gasteiger partial charge < -0.3 is 5.32 Å². The van der Waals surface area contributed by atoms with Crippen molar-refractivity contribution in [3.05, 3.63) is 70.3 Å². The summed E-state index contributed by atoms with van der Waals surface area (Å²) in [5, 5.41) is 14.7. The van der Waals surface area contributed by atoms with E-state index >= 15 is 0 Å². The summed E-state index contributed by atoms with van der Waals surface area (Å²) in [6.07, 6.45) is 0. The average Bonchev–Trinajstić information content (AvgIpc) is 2.93. The number of nitrogens with one attached hydrogen (secondary N) is 2. The molecule has 1 aliphatic rings. The lowest BCUT2D eigenvalue weighted by Gasteiger charge is -2.11. The van der Waals surface area contributed by atoms with Crippen molar-refractivity contribution in [2.45, 2.75) is 4.90 Å². The first-order valence-electron chi connectivity index (χ1n) is 7.52. The molecule has 1 aliphatic heterocycles. The van der Waals surface area contributed by atoms with Gasteiger partial charge in [0.05, 0.1) is 9.82 Å². The van der Waals surface area contributed by atoms with Gasteiger partial charge in [0.15, 0.2) is 0 Å². The van der Waals surface area contributed by atoms with Crippen molar-refractivity contribution < 1.29 is 18.1 Å². The van der Waals surface area contributed by atoms with E-state index in [-0.39, 0.29) is 22.2 Å². The molecule has 0 saturated heterocycles. The number of carbonyl (C=O) groups excluding carboxylic acids is 1. The summed E-state index contributed by atoms with van der Waals surface area (Å²) in [6.45, 7) is 0. The number of amides is 1. The highest BCUT2D eigenvalue weighted by Crippen LogP contribution is 2.37. The van der Waals surface area contributed by atoms with Crippen LogP contribution in [0.5, 0.6) is 0 Å². The van der Waals surface area contributed by atoms with E-state index in [9.17, 15) is 23.3 Å². The first-order chi connectivity index (χ1) is 12.4. The molecule has 2 N–H and O–H groups in total. The monoisotopic (exact) mass is 369 g/mol. The summed E-state index contributed by atoms with van der Waals surface area (Å²) in [5.41, 5.74) is 0.444. The summed E-state index contributed by atoms with van der Waals surface area (Å²) in [5.74, 6) is -0.299. The Morgan fingerprint density at radius 3 is 2.54 bits per heavy atom. The smallest absolute Gasteiger partial charge is 0.293 e. The molecule has 0 spiro atoms. The molecule has 0 unspecified atom stereocenters. The van der Waals surface area contributed by atoms with Gasteiger partial charge in [-0.3, -0.25) is 19.6 Å². The standard InChI is InChI=1S/C17H11N3O5S/c21-17-11-5-3-4-10-15(9-8-13(18-17)16(10)11)26(24,25)19-12-6-1-2-7-14(12)20(22)23/h1-9,19H,(H,18,21). The Bertz CT molecular complexity index is 1200. The topological polar surface area (TPSA) is 118 Å². The maximum absolute atomic E-state index is 12.9. The Morgan fingerprint density at radius 1 is 1.00 bits per heavy atom. The molecule has 8 nitrogen and oxygen atoms in total.